The zero-order valence-corrected chi connectivity index (χ0v) is 10.3. The first-order valence-electron chi connectivity index (χ1n) is 4.51. The van der Waals surface area contributed by atoms with Gasteiger partial charge in [0.2, 0.25) is 0 Å². The molecule has 15 heavy (non-hydrogen) atoms. The van der Waals surface area contributed by atoms with Crippen LogP contribution in [0.1, 0.15) is 20.8 Å². The number of fused-ring (bicyclic) bond motifs is 1. The van der Waals surface area contributed by atoms with E-state index in [2.05, 4.69) is 35.8 Å². The maximum absolute atomic E-state index is 5.90. The first kappa shape index (κ1) is 10.7. The number of nitrogens with zero attached hydrogens (tertiary/aromatic N) is 4. The van der Waals surface area contributed by atoms with E-state index in [1.807, 2.05) is 0 Å². The minimum atomic E-state index is 0.101. The van der Waals surface area contributed by atoms with Crippen LogP contribution in [0.15, 0.2) is 17.4 Å². The molecule has 6 heteroatoms. The normalized spacial score (nSPS) is 12.3. The summed E-state index contributed by atoms with van der Waals surface area (Å²) in [6, 6.07) is 1.80. The van der Waals surface area contributed by atoms with Crippen LogP contribution in [0, 0.1) is 0 Å². The van der Waals surface area contributed by atoms with E-state index in [9.17, 15) is 0 Å². The molecule has 0 aliphatic rings. The van der Waals surface area contributed by atoms with Gasteiger partial charge in [0.1, 0.15) is 16.5 Å². The van der Waals surface area contributed by atoms with Gasteiger partial charge in [0, 0.05) is 10.8 Å². The first-order chi connectivity index (χ1) is 6.96. The van der Waals surface area contributed by atoms with Crippen LogP contribution in [0.3, 0.4) is 0 Å². The highest BCUT2D eigenvalue weighted by atomic mass is 35.5. The summed E-state index contributed by atoms with van der Waals surface area (Å²) in [7, 11) is 0. The van der Waals surface area contributed by atoms with E-state index in [4.69, 9.17) is 11.6 Å². The Hall–Kier alpha value is -0.810. The van der Waals surface area contributed by atoms with Gasteiger partial charge < -0.3 is 0 Å². The van der Waals surface area contributed by atoms with Crippen LogP contribution in [-0.2, 0) is 0 Å². The van der Waals surface area contributed by atoms with Crippen molar-refractivity contribution in [2.75, 3.05) is 0 Å². The second kappa shape index (κ2) is 3.64. The third-order valence-electron chi connectivity index (χ3n) is 1.60. The van der Waals surface area contributed by atoms with Crippen molar-refractivity contribution < 1.29 is 0 Å². The molecule has 0 radical (unpaired) electrons. The molecule has 2 aromatic rings. The van der Waals surface area contributed by atoms with Crippen LogP contribution in [0.5, 0.6) is 0 Å². The quantitative estimate of drug-likeness (QED) is 0.570. The van der Waals surface area contributed by atoms with Crippen LogP contribution >= 0.6 is 23.4 Å². The molecule has 80 valence electrons. The van der Waals surface area contributed by atoms with Gasteiger partial charge in [-0.3, -0.25) is 0 Å². The van der Waals surface area contributed by atoms with E-state index in [-0.39, 0.29) is 4.75 Å². The Bertz CT molecular complexity index is 488. The lowest BCUT2D eigenvalue weighted by Gasteiger charge is -2.17. The predicted octanol–water partition coefficient (Wildman–Crippen LogP) is 2.67. The predicted molar refractivity (Wildman–Crippen MR) is 61.4 cm³/mol. The smallest absolute Gasteiger partial charge is 0.199 e. The van der Waals surface area contributed by atoms with E-state index in [0.29, 0.717) is 10.9 Å². The highest BCUT2D eigenvalue weighted by Gasteiger charge is 2.16. The highest BCUT2D eigenvalue weighted by molar-refractivity contribution is 8.00. The van der Waals surface area contributed by atoms with Crippen LogP contribution < -0.4 is 0 Å². The standard InChI is InChI=1S/C9H11ClN4S/c1-9(2,3)15-7-4-6(10)13-8-11-5-12-14(7)8/h4-5H,1-3H3. The van der Waals surface area contributed by atoms with Gasteiger partial charge in [0.15, 0.2) is 0 Å². The molecule has 0 bridgehead atoms. The fraction of sp³-hybridized carbons (Fsp3) is 0.444. The Balaban J connectivity index is 2.53. The average Bonchev–Trinajstić information content (AvgIpc) is 2.48. The molecule has 0 amide bonds. The molecule has 0 aliphatic heterocycles. The van der Waals surface area contributed by atoms with E-state index in [0.717, 1.165) is 5.03 Å². The summed E-state index contributed by atoms with van der Waals surface area (Å²) in [6.45, 7) is 6.40. The van der Waals surface area contributed by atoms with Gasteiger partial charge in [0.05, 0.1) is 0 Å². The Labute approximate surface area is 97.1 Å². The second-order valence-corrected chi connectivity index (χ2v) is 6.34. The fourth-order valence-corrected chi connectivity index (χ4v) is 2.40. The second-order valence-electron chi connectivity index (χ2n) is 4.10. The minimum absolute atomic E-state index is 0.101. The van der Waals surface area contributed by atoms with E-state index < -0.39 is 0 Å². The summed E-state index contributed by atoms with van der Waals surface area (Å²) in [5.74, 6) is 0.536. The van der Waals surface area contributed by atoms with Gasteiger partial charge in [-0.05, 0) is 0 Å². The third-order valence-corrected chi connectivity index (χ3v) is 2.90. The molecule has 0 unspecified atom stereocenters. The molecule has 0 spiro atoms. The van der Waals surface area contributed by atoms with Gasteiger partial charge in [-0.2, -0.15) is 19.6 Å². The Kier molecular flexibility index (Phi) is 2.60. The molecule has 2 aromatic heterocycles. The summed E-state index contributed by atoms with van der Waals surface area (Å²) in [6.07, 6.45) is 1.48. The lowest BCUT2D eigenvalue weighted by molar-refractivity contribution is 0.780. The average molecular weight is 243 g/mol. The van der Waals surface area contributed by atoms with Crippen molar-refractivity contribution in [2.45, 2.75) is 30.5 Å². The van der Waals surface area contributed by atoms with Crippen LogP contribution in [-0.4, -0.2) is 24.3 Å². The summed E-state index contributed by atoms with van der Waals surface area (Å²) >= 11 is 7.59. The fourth-order valence-electron chi connectivity index (χ4n) is 1.14. The summed E-state index contributed by atoms with van der Waals surface area (Å²) in [4.78, 5) is 8.08. The van der Waals surface area contributed by atoms with Gasteiger partial charge in [0.25, 0.3) is 5.78 Å². The van der Waals surface area contributed by atoms with Gasteiger partial charge >= 0.3 is 0 Å². The molecule has 2 heterocycles. The molecule has 2 rings (SSSR count). The number of halogens is 1. The molecule has 0 aromatic carbocycles. The molecule has 0 saturated heterocycles. The van der Waals surface area contributed by atoms with Crippen molar-refractivity contribution in [3.63, 3.8) is 0 Å². The van der Waals surface area contributed by atoms with Crippen molar-refractivity contribution >= 4 is 29.1 Å². The SMILES string of the molecule is CC(C)(C)Sc1cc(Cl)nc2ncnn12. The van der Waals surface area contributed by atoms with Crippen LogP contribution in [0.25, 0.3) is 5.78 Å². The molecule has 0 N–H and O–H groups in total. The van der Waals surface area contributed by atoms with Gasteiger partial charge in [-0.1, -0.05) is 32.4 Å². The van der Waals surface area contributed by atoms with E-state index >= 15 is 0 Å². The van der Waals surface area contributed by atoms with Gasteiger partial charge in [-0.25, -0.2) is 0 Å². The zero-order chi connectivity index (χ0) is 11.1. The van der Waals surface area contributed by atoms with Gasteiger partial charge in [-0.15, -0.1) is 11.8 Å². The Morgan fingerprint density at radius 3 is 2.80 bits per heavy atom. The number of rotatable bonds is 1. The maximum atomic E-state index is 5.90. The van der Waals surface area contributed by atoms with Crippen molar-refractivity contribution in [1.82, 2.24) is 19.6 Å². The summed E-state index contributed by atoms with van der Waals surface area (Å²) < 4.78 is 1.80. The van der Waals surface area contributed by atoms with Crippen molar-refractivity contribution in [2.24, 2.45) is 0 Å². The molecule has 0 aliphatic carbocycles. The maximum Gasteiger partial charge on any atom is 0.254 e. The lowest BCUT2D eigenvalue weighted by atomic mass is 10.3. The number of hydrogen-bond donors (Lipinski definition) is 0. The number of aromatic nitrogens is 4. The molecular formula is C9H11ClN4S. The van der Waals surface area contributed by atoms with Crippen molar-refractivity contribution in [3.05, 3.63) is 17.5 Å². The third kappa shape index (κ3) is 2.41. The molecule has 0 fully saturated rings. The topological polar surface area (TPSA) is 43.1 Å². The molecule has 0 saturated carbocycles. The number of hydrogen-bond acceptors (Lipinski definition) is 4. The largest absolute Gasteiger partial charge is 0.254 e. The Morgan fingerprint density at radius 2 is 2.13 bits per heavy atom. The first-order valence-corrected chi connectivity index (χ1v) is 5.70. The lowest BCUT2D eigenvalue weighted by Crippen LogP contribution is -2.09. The van der Waals surface area contributed by atoms with Crippen molar-refractivity contribution in [3.8, 4) is 0 Å². The molecule has 4 nitrogen and oxygen atoms in total. The van der Waals surface area contributed by atoms with Crippen LogP contribution in [0.4, 0.5) is 0 Å². The minimum Gasteiger partial charge on any atom is -0.199 e. The molecule has 0 atom stereocenters. The monoisotopic (exact) mass is 242 g/mol. The number of thioether (sulfide) groups is 1. The summed E-state index contributed by atoms with van der Waals surface area (Å²) in [5, 5.41) is 5.51. The van der Waals surface area contributed by atoms with E-state index in [1.54, 1.807) is 22.3 Å². The highest BCUT2D eigenvalue weighted by Crippen LogP contribution is 2.32. The van der Waals surface area contributed by atoms with Crippen molar-refractivity contribution in [1.29, 1.82) is 0 Å². The van der Waals surface area contributed by atoms with E-state index in [1.165, 1.54) is 6.33 Å². The molecular weight excluding hydrogens is 232 g/mol. The zero-order valence-electron chi connectivity index (χ0n) is 8.73. The summed E-state index contributed by atoms with van der Waals surface area (Å²) in [5.41, 5.74) is 0. The Morgan fingerprint density at radius 1 is 1.40 bits per heavy atom. The van der Waals surface area contributed by atoms with Crippen LogP contribution in [0.2, 0.25) is 5.15 Å².